The molecule has 1 amide bonds. The van der Waals surface area contributed by atoms with Crippen molar-refractivity contribution in [2.45, 2.75) is 51.0 Å². The first-order valence-corrected chi connectivity index (χ1v) is 14.7. The number of aromatic nitrogens is 2. The van der Waals surface area contributed by atoms with Gasteiger partial charge in [0.1, 0.15) is 11.5 Å². The summed E-state index contributed by atoms with van der Waals surface area (Å²) in [5.74, 6) is 1.37. The third kappa shape index (κ3) is 9.11. The number of aryl methyl sites for hydroxylation is 2. The normalized spacial score (nSPS) is 16.1. The topological polar surface area (TPSA) is 125 Å². The third-order valence-electron chi connectivity index (χ3n) is 8.01. The summed E-state index contributed by atoms with van der Waals surface area (Å²) in [4.78, 5) is 21.3. The number of nitrogens with one attached hydrogen (secondary N) is 1. The highest BCUT2D eigenvalue weighted by atomic mass is 35.5. The molecule has 5 N–H and O–H groups in total. The standard InChI is InChI=1S/C31H41ClN6O3.ClH/c1-40-25-14-10-22(11-15-25)7-5-19-38(20-6-8-23-12-16-26(41-2)17-13-23)18-4-3-9-24(21-38)35-31(39)27-29(33)37-30(34)28(32)36-27;/h10-17,24H,3-9,18-21H2,1-2H3,(H4-,33,34,35,37,39);1H. The van der Waals surface area contributed by atoms with Crippen molar-refractivity contribution >= 4 is 29.1 Å². The van der Waals surface area contributed by atoms with Crippen molar-refractivity contribution in [3.05, 3.63) is 70.5 Å². The van der Waals surface area contributed by atoms with Crippen LogP contribution in [0.2, 0.25) is 5.15 Å². The van der Waals surface area contributed by atoms with Crippen molar-refractivity contribution in [1.29, 1.82) is 0 Å². The number of carbonyl (C=O) groups is 1. The summed E-state index contributed by atoms with van der Waals surface area (Å²) < 4.78 is 11.6. The van der Waals surface area contributed by atoms with E-state index in [0.29, 0.717) is 0 Å². The van der Waals surface area contributed by atoms with Gasteiger partial charge in [-0.05, 0) is 67.5 Å². The number of nitrogen functional groups attached to an aromatic ring is 2. The number of nitrogens with zero attached hydrogens (tertiary/aromatic N) is 3. The van der Waals surface area contributed by atoms with E-state index in [4.69, 9.17) is 32.5 Å². The average molecular weight is 618 g/mol. The van der Waals surface area contributed by atoms with Crippen LogP contribution in [0.3, 0.4) is 0 Å². The van der Waals surface area contributed by atoms with Crippen molar-refractivity contribution in [2.24, 2.45) is 0 Å². The molecule has 228 valence electrons. The first-order valence-electron chi connectivity index (χ1n) is 14.3. The van der Waals surface area contributed by atoms with Gasteiger partial charge in [-0.25, -0.2) is 9.97 Å². The number of amides is 1. The molecule has 1 saturated heterocycles. The molecule has 1 fully saturated rings. The van der Waals surface area contributed by atoms with E-state index < -0.39 is 0 Å². The molecule has 3 aromatic rings. The Balaban J connectivity index is 0.00000484. The van der Waals surface area contributed by atoms with Crippen molar-refractivity contribution in [2.75, 3.05) is 51.9 Å². The molecule has 0 bridgehead atoms. The number of carbonyl (C=O) groups excluding carboxylic acids is 1. The minimum Gasteiger partial charge on any atom is -1.00 e. The molecule has 4 rings (SSSR count). The van der Waals surface area contributed by atoms with Crippen LogP contribution in [0.1, 0.15) is 53.7 Å². The molecule has 42 heavy (non-hydrogen) atoms. The Kier molecular flexibility index (Phi) is 12.5. The molecular formula is C31H42Cl2N6O3. The summed E-state index contributed by atoms with van der Waals surface area (Å²) in [6, 6.07) is 16.6. The number of quaternary nitrogens is 1. The van der Waals surface area contributed by atoms with Crippen LogP contribution < -0.4 is 38.7 Å². The second-order valence-electron chi connectivity index (χ2n) is 10.9. The second kappa shape index (κ2) is 15.8. The number of benzene rings is 2. The highest BCUT2D eigenvalue weighted by molar-refractivity contribution is 6.31. The molecule has 1 aliphatic heterocycles. The Morgan fingerprint density at radius 1 is 0.905 bits per heavy atom. The fraction of sp³-hybridized carbons (Fsp3) is 0.452. The van der Waals surface area contributed by atoms with E-state index in [1.165, 1.54) is 11.1 Å². The van der Waals surface area contributed by atoms with E-state index in [2.05, 4.69) is 39.6 Å². The van der Waals surface area contributed by atoms with Gasteiger partial charge in [-0.2, -0.15) is 0 Å². The molecule has 2 aromatic carbocycles. The van der Waals surface area contributed by atoms with Gasteiger partial charge in [0.05, 0.1) is 46.4 Å². The molecule has 9 nitrogen and oxygen atoms in total. The molecule has 11 heteroatoms. The molecule has 0 spiro atoms. The SMILES string of the molecule is COc1ccc(CCC[N+]2(CCCc3ccc(OC)cc3)CCCCC(NC(=O)c3nc(Cl)c(N)nc3N)C2)cc1.[Cl-]. The summed E-state index contributed by atoms with van der Waals surface area (Å²) in [7, 11) is 3.37. The Bertz CT molecular complexity index is 1240. The maximum Gasteiger partial charge on any atom is 0.274 e. The van der Waals surface area contributed by atoms with E-state index in [-0.39, 0.29) is 46.8 Å². The number of rotatable bonds is 12. The summed E-state index contributed by atoms with van der Waals surface area (Å²) in [5, 5.41) is 3.17. The molecule has 1 aromatic heterocycles. The number of likely N-dealkylation sites (tertiary alicyclic amines) is 1. The number of hydrogen-bond acceptors (Lipinski definition) is 7. The van der Waals surface area contributed by atoms with Gasteiger partial charge in [0.25, 0.3) is 5.91 Å². The van der Waals surface area contributed by atoms with E-state index in [9.17, 15) is 4.79 Å². The van der Waals surface area contributed by atoms with Gasteiger partial charge < -0.3 is 43.1 Å². The van der Waals surface area contributed by atoms with Gasteiger partial charge in [-0.1, -0.05) is 35.9 Å². The number of halogens is 2. The fourth-order valence-corrected chi connectivity index (χ4v) is 5.93. The largest absolute Gasteiger partial charge is 1.00 e. The summed E-state index contributed by atoms with van der Waals surface area (Å²) in [5.41, 5.74) is 14.3. The molecular weight excluding hydrogens is 575 g/mol. The van der Waals surface area contributed by atoms with Crippen LogP contribution in [0, 0.1) is 0 Å². The first-order chi connectivity index (χ1) is 19.8. The Labute approximate surface area is 259 Å². The third-order valence-corrected chi connectivity index (χ3v) is 8.29. The fourth-order valence-electron chi connectivity index (χ4n) is 5.81. The second-order valence-corrected chi connectivity index (χ2v) is 11.3. The van der Waals surface area contributed by atoms with Gasteiger partial charge in [0.2, 0.25) is 0 Å². The van der Waals surface area contributed by atoms with Crippen molar-refractivity contribution in [3.8, 4) is 11.5 Å². The molecule has 1 aliphatic rings. The minimum atomic E-state index is -0.363. The maximum atomic E-state index is 13.2. The zero-order valence-corrected chi connectivity index (χ0v) is 26.0. The Hall–Kier alpha value is -3.27. The van der Waals surface area contributed by atoms with Crippen molar-refractivity contribution in [1.82, 2.24) is 15.3 Å². The molecule has 0 aliphatic carbocycles. The van der Waals surface area contributed by atoms with Crippen molar-refractivity contribution < 1.29 is 31.2 Å². The lowest BCUT2D eigenvalue weighted by Crippen LogP contribution is -3.00. The lowest BCUT2D eigenvalue weighted by Gasteiger charge is -2.40. The minimum absolute atomic E-state index is 0. The number of nitrogens with two attached hydrogens (primary N) is 2. The van der Waals surface area contributed by atoms with E-state index in [0.717, 1.165) is 87.1 Å². The average Bonchev–Trinajstić information content (AvgIpc) is 3.17. The number of ether oxygens (including phenoxy) is 2. The number of hydrogen-bond donors (Lipinski definition) is 3. The zero-order valence-electron chi connectivity index (χ0n) is 24.5. The van der Waals surface area contributed by atoms with Crippen molar-refractivity contribution in [3.63, 3.8) is 0 Å². The number of anilines is 2. The number of methoxy groups -OCH3 is 2. The zero-order chi connectivity index (χ0) is 29.2. The first kappa shape index (κ1) is 33.2. The Morgan fingerprint density at radius 2 is 1.45 bits per heavy atom. The smallest absolute Gasteiger partial charge is 0.274 e. The summed E-state index contributed by atoms with van der Waals surface area (Å²) in [6.07, 6.45) is 7.17. The van der Waals surface area contributed by atoms with Gasteiger partial charge >= 0.3 is 0 Å². The van der Waals surface area contributed by atoms with Crippen LogP contribution in [-0.4, -0.2) is 66.8 Å². The monoisotopic (exact) mass is 616 g/mol. The van der Waals surface area contributed by atoms with E-state index in [1.54, 1.807) is 14.2 Å². The highest BCUT2D eigenvalue weighted by Crippen LogP contribution is 2.24. The molecule has 1 atom stereocenters. The van der Waals surface area contributed by atoms with Gasteiger partial charge in [-0.3, -0.25) is 4.79 Å². The van der Waals surface area contributed by atoms with E-state index in [1.807, 2.05) is 24.3 Å². The predicted octanol–water partition coefficient (Wildman–Crippen LogP) is 1.68. The van der Waals surface area contributed by atoms with Gasteiger partial charge in [0, 0.05) is 12.8 Å². The lowest BCUT2D eigenvalue weighted by molar-refractivity contribution is -0.928. The lowest BCUT2D eigenvalue weighted by atomic mass is 10.1. The predicted molar refractivity (Wildman–Crippen MR) is 163 cm³/mol. The van der Waals surface area contributed by atoms with Gasteiger partial charge in [0.15, 0.2) is 22.5 Å². The van der Waals surface area contributed by atoms with E-state index >= 15 is 0 Å². The summed E-state index contributed by atoms with van der Waals surface area (Å²) in [6.45, 7) is 4.02. The van der Waals surface area contributed by atoms with Crippen LogP contribution in [-0.2, 0) is 12.8 Å². The quantitative estimate of drug-likeness (QED) is 0.264. The molecule has 0 saturated carbocycles. The molecule has 2 heterocycles. The van der Waals surface area contributed by atoms with Crippen LogP contribution in [0.25, 0.3) is 0 Å². The van der Waals surface area contributed by atoms with Crippen LogP contribution in [0.4, 0.5) is 11.6 Å². The Morgan fingerprint density at radius 3 is 1.98 bits per heavy atom. The van der Waals surface area contributed by atoms with Crippen LogP contribution >= 0.6 is 11.6 Å². The maximum absolute atomic E-state index is 13.2. The molecule has 1 unspecified atom stereocenters. The molecule has 0 radical (unpaired) electrons. The van der Waals surface area contributed by atoms with Crippen LogP contribution in [0.15, 0.2) is 48.5 Å². The van der Waals surface area contributed by atoms with Crippen LogP contribution in [0.5, 0.6) is 11.5 Å². The van der Waals surface area contributed by atoms with Gasteiger partial charge in [-0.15, -0.1) is 0 Å². The highest BCUT2D eigenvalue weighted by Gasteiger charge is 2.34. The summed E-state index contributed by atoms with van der Waals surface area (Å²) >= 11 is 6.04.